The highest BCUT2D eigenvalue weighted by Gasteiger charge is 2.24. The highest BCUT2D eigenvalue weighted by atomic mass is 16.7. The molecule has 0 radical (unpaired) electrons. The predicted molar refractivity (Wildman–Crippen MR) is 87.4 cm³/mol. The van der Waals surface area contributed by atoms with E-state index in [0.29, 0.717) is 6.54 Å². The molecule has 1 unspecified atom stereocenters. The average molecular weight is 324 g/mol. The van der Waals surface area contributed by atoms with Gasteiger partial charge in [0.05, 0.1) is 11.8 Å². The molecule has 2 aliphatic rings. The highest BCUT2D eigenvalue weighted by Crippen LogP contribution is 2.36. The molecule has 1 saturated heterocycles. The van der Waals surface area contributed by atoms with Crippen molar-refractivity contribution in [2.75, 3.05) is 24.8 Å². The second-order valence-corrected chi connectivity index (χ2v) is 6.07. The molecule has 2 aromatic heterocycles. The first-order chi connectivity index (χ1) is 11.8. The molecule has 0 aliphatic carbocycles. The number of hydrogen-bond donors (Lipinski definition) is 1. The Balaban J connectivity index is 1.58. The fourth-order valence-corrected chi connectivity index (χ4v) is 3.28. The van der Waals surface area contributed by atoms with Gasteiger partial charge in [-0.3, -0.25) is 0 Å². The van der Waals surface area contributed by atoms with Gasteiger partial charge >= 0.3 is 0 Å². The fraction of sp³-hybridized carbons (Fsp3) is 0.294. The molecule has 1 fully saturated rings. The van der Waals surface area contributed by atoms with Gasteiger partial charge < -0.3 is 19.5 Å². The van der Waals surface area contributed by atoms with E-state index in [1.54, 1.807) is 6.20 Å². The van der Waals surface area contributed by atoms with Crippen LogP contribution in [0.5, 0.6) is 11.5 Å². The third kappa shape index (κ3) is 2.09. The van der Waals surface area contributed by atoms with Gasteiger partial charge in [0.2, 0.25) is 6.79 Å². The standard InChI is InChI=1S/C17H16N4O3/c22-12-3-5-20(9-12)17-14-8-13(19-21(14)6-4-18-17)11-1-2-15-16(7-11)24-10-23-15/h1-2,4,6-8,12,22H,3,5,9-10H2. The van der Waals surface area contributed by atoms with Gasteiger partial charge in [0.15, 0.2) is 17.3 Å². The van der Waals surface area contributed by atoms with Crippen LogP contribution in [0.2, 0.25) is 0 Å². The van der Waals surface area contributed by atoms with E-state index < -0.39 is 0 Å². The van der Waals surface area contributed by atoms with Crippen molar-refractivity contribution in [2.45, 2.75) is 12.5 Å². The number of anilines is 1. The maximum absolute atomic E-state index is 9.79. The van der Waals surface area contributed by atoms with Crippen molar-refractivity contribution in [3.8, 4) is 22.8 Å². The van der Waals surface area contributed by atoms with Gasteiger partial charge in [0.25, 0.3) is 0 Å². The summed E-state index contributed by atoms with van der Waals surface area (Å²) in [6, 6.07) is 7.83. The van der Waals surface area contributed by atoms with Gasteiger partial charge in [-0.1, -0.05) is 0 Å². The van der Waals surface area contributed by atoms with E-state index in [1.807, 2.05) is 35.0 Å². The molecular formula is C17H16N4O3. The molecule has 1 atom stereocenters. The molecule has 0 spiro atoms. The number of aromatic nitrogens is 3. The van der Waals surface area contributed by atoms with E-state index in [2.05, 4.69) is 15.0 Å². The molecule has 1 aromatic carbocycles. The summed E-state index contributed by atoms with van der Waals surface area (Å²) in [4.78, 5) is 6.60. The lowest BCUT2D eigenvalue weighted by molar-refractivity contribution is 0.174. The maximum Gasteiger partial charge on any atom is 0.231 e. The second kappa shape index (κ2) is 5.10. The molecule has 122 valence electrons. The van der Waals surface area contributed by atoms with Crippen LogP contribution < -0.4 is 14.4 Å². The van der Waals surface area contributed by atoms with Gasteiger partial charge in [-0.25, -0.2) is 9.50 Å². The van der Waals surface area contributed by atoms with E-state index >= 15 is 0 Å². The number of ether oxygens (including phenoxy) is 2. The van der Waals surface area contributed by atoms with E-state index in [4.69, 9.17) is 9.47 Å². The largest absolute Gasteiger partial charge is 0.454 e. The average Bonchev–Trinajstić information content (AvgIpc) is 3.32. The Bertz CT molecular complexity index is 923. The monoisotopic (exact) mass is 324 g/mol. The summed E-state index contributed by atoms with van der Waals surface area (Å²) in [5.41, 5.74) is 2.75. The molecule has 4 heterocycles. The van der Waals surface area contributed by atoms with Crippen LogP contribution >= 0.6 is 0 Å². The number of nitrogens with zero attached hydrogens (tertiary/aromatic N) is 4. The number of hydrogen-bond acceptors (Lipinski definition) is 6. The summed E-state index contributed by atoms with van der Waals surface area (Å²) in [5.74, 6) is 2.36. The summed E-state index contributed by atoms with van der Waals surface area (Å²) in [5, 5.41) is 14.4. The molecule has 7 nitrogen and oxygen atoms in total. The predicted octanol–water partition coefficient (Wildman–Crippen LogP) is 1.70. The van der Waals surface area contributed by atoms with Crippen molar-refractivity contribution in [3.63, 3.8) is 0 Å². The number of β-amino-alcohol motifs (C(OH)–C–C–N with tert-alkyl or cyclic N) is 1. The zero-order valence-corrected chi connectivity index (χ0v) is 12.9. The zero-order chi connectivity index (χ0) is 16.1. The molecule has 24 heavy (non-hydrogen) atoms. The molecular weight excluding hydrogens is 308 g/mol. The molecule has 0 saturated carbocycles. The SMILES string of the molecule is OC1CCN(c2nccn3nc(-c4ccc5c(c4)OCO5)cc23)C1. The minimum absolute atomic E-state index is 0.259. The van der Waals surface area contributed by atoms with E-state index in [9.17, 15) is 5.11 Å². The van der Waals surface area contributed by atoms with E-state index in [-0.39, 0.29) is 12.9 Å². The van der Waals surface area contributed by atoms with Crippen molar-refractivity contribution >= 4 is 11.3 Å². The first kappa shape index (κ1) is 13.6. The molecule has 2 aliphatic heterocycles. The second-order valence-electron chi connectivity index (χ2n) is 6.07. The van der Waals surface area contributed by atoms with Crippen LogP contribution in [0.15, 0.2) is 36.7 Å². The normalized spacial score (nSPS) is 19.4. The van der Waals surface area contributed by atoms with Crippen LogP contribution in [0.3, 0.4) is 0 Å². The van der Waals surface area contributed by atoms with E-state index in [0.717, 1.165) is 47.1 Å². The van der Waals surface area contributed by atoms with Crippen molar-refractivity contribution < 1.29 is 14.6 Å². The first-order valence-electron chi connectivity index (χ1n) is 7.95. The van der Waals surface area contributed by atoms with Gasteiger partial charge in [0, 0.05) is 31.0 Å². The summed E-state index contributed by atoms with van der Waals surface area (Å²) < 4.78 is 12.6. The van der Waals surface area contributed by atoms with E-state index in [1.165, 1.54) is 0 Å². The van der Waals surface area contributed by atoms with Crippen molar-refractivity contribution in [2.24, 2.45) is 0 Å². The number of fused-ring (bicyclic) bond motifs is 2. The lowest BCUT2D eigenvalue weighted by atomic mass is 10.1. The molecule has 3 aromatic rings. The Morgan fingerprint density at radius 3 is 2.96 bits per heavy atom. The molecule has 5 rings (SSSR count). The third-order valence-electron chi connectivity index (χ3n) is 4.50. The molecule has 7 heteroatoms. The number of aliphatic hydroxyl groups is 1. The number of aliphatic hydroxyl groups excluding tert-OH is 1. The summed E-state index contributed by atoms with van der Waals surface area (Å²) in [7, 11) is 0. The zero-order valence-electron chi connectivity index (χ0n) is 12.9. The van der Waals surface area contributed by atoms with Crippen LogP contribution in [0.1, 0.15) is 6.42 Å². The van der Waals surface area contributed by atoms with Crippen LogP contribution in [0, 0.1) is 0 Å². The molecule has 1 N–H and O–H groups in total. The molecule has 0 amide bonds. The van der Waals surface area contributed by atoms with Crippen LogP contribution in [0.4, 0.5) is 5.82 Å². The highest BCUT2D eigenvalue weighted by molar-refractivity contribution is 5.76. The Morgan fingerprint density at radius 2 is 2.08 bits per heavy atom. The lowest BCUT2D eigenvalue weighted by Gasteiger charge is -2.16. The van der Waals surface area contributed by atoms with Crippen LogP contribution in [0.25, 0.3) is 16.8 Å². The third-order valence-corrected chi connectivity index (χ3v) is 4.50. The van der Waals surface area contributed by atoms with Crippen LogP contribution in [-0.2, 0) is 0 Å². The van der Waals surface area contributed by atoms with Gasteiger partial charge in [-0.05, 0) is 30.7 Å². The lowest BCUT2D eigenvalue weighted by Crippen LogP contribution is -2.22. The van der Waals surface area contributed by atoms with Crippen LogP contribution in [-0.4, -0.2) is 45.7 Å². The minimum atomic E-state index is -0.289. The molecule has 0 bridgehead atoms. The Hall–Kier alpha value is -2.80. The van der Waals surface area contributed by atoms with Gasteiger partial charge in [-0.15, -0.1) is 0 Å². The van der Waals surface area contributed by atoms with Gasteiger partial charge in [0.1, 0.15) is 5.52 Å². The fourth-order valence-electron chi connectivity index (χ4n) is 3.28. The smallest absolute Gasteiger partial charge is 0.231 e. The Labute approximate surface area is 138 Å². The quantitative estimate of drug-likeness (QED) is 0.773. The summed E-state index contributed by atoms with van der Waals surface area (Å²) in [6.07, 6.45) is 4.06. The topological polar surface area (TPSA) is 72.1 Å². The first-order valence-corrected chi connectivity index (χ1v) is 7.95. The minimum Gasteiger partial charge on any atom is -0.454 e. The van der Waals surface area contributed by atoms with Gasteiger partial charge in [-0.2, -0.15) is 5.10 Å². The maximum atomic E-state index is 9.79. The Kier molecular flexibility index (Phi) is 2.90. The summed E-state index contributed by atoms with van der Waals surface area (Å²) in [6.45, 7) is 1.67. The summed E-state index contributed by atoms with van der Waals surface area (Å²) >= 11 is 0. The number of benzene rings is 1. The van der Waals surface area contributed by atoms with Crippen molar-refractivity contribution in [1.82, 2.24) is 14.6 Å². The van der Waals surface area contributed by atoms with Crippen molar-refractivity contribution in [1.29, 1.82) is 0 Å². The number of rotatable bonds is 2. The Morgan fingerprint density at radius 1 is 1.17 bits per heavy atom. The van der Waals surface area contributed by atoms with Crippen molar-refractivity contribution in [3.05, 3.63) is 36.7 Å².